The highest BCUT2D eigenvalue weighted by atomic mass is 32.2. The van der Waals surface area contributed by atoms with Crippen LogP contribution in [0.15, 0.2) is 47.4 Å². The van der Waals surface area contributed by atoms with E-state index in [9.17, 15) is 14.7 Å². The second kappa shape index (κ2) is 9.96. The van der Waals surface area contributed by atoms with E-state index < -0.39 is 33.8 Å². The molecule has 0 amide bonds. The number of nitrogens with two attached hydrogens (primary N) is 1. The number of ketones is 1. The van der Waals surface area contributed by atoms with Gasteiger partial charge in [-0.3, -0.25) is 9.36 Å². The maximum absolute atomic E-state index is 13.6. The van der Waals surface area contributed by atoms with Gasteiger partial charge in [0.05, 0.1) is 18.3 Å². The van der Waals surface area contributed by atoms with Crippen LogP contribution in [0.1, 0.15) is 36.9 Å². The van der Waals surface area contributed by atoms with E-state index in [1.54, 1.807) is 12.1 Å². The molecule has 32 heavy (non-hydrogen) atoms. The Morgan fingerprint density at radius 2 is 1.94 bits per heavy atom. The number of nitrogen functional groups attached to an aromatic ring is 1. The van der Waals surface area contributed by atoms with Gasteiger partial charge in [0.2, 0.25) is 0 Å². The number of aliphatic hydroxyl groups excluding tert-OH is 1. The second-order valence-electron chi connectivity index (χ2n) is 7.98. The molecule has 174 valence electrons. The summed E-state index contributed by atoms with van der Waals surface area (Å²) >= 11 is 2.85. The SMILES string of the molecule is CSC(SC)(C(=O)c1ccccc1)C(C)(C)O[C@H]1C[C@H](n2ccc(N)nc2=O)O[C@@H]1CO. The van der Waals surface area contributed by atoms with Gasteiger partial charge in [-0.2, -0.15) is 4.98 Å². The Balaban J connectivity index is 1.88. The first kappa shape index (κ1) is 24.8. The highest BCUT2D eigenvalue weighted by Crippen LogP contribution is 2.49. The van der Waals surface area contributed by atoms with Crippen LogP contribution in [0, 0.1) is 0 Å². The highest BCUT2D eigenvalue weighted by molar-refractivity contribution is 8.19. The molecule has 1 saturated heterocycles. The van der Waals surface area contributed by atoms with Crippen LogP contribution in [-0.4, -0.2) is 61.4 Å². The molecule has 3 atom stereocenters. The summed E-state index contributed by atoms with van der Waals surface area (Å²) in [7, 11) is 0. The predicted octanol–water partition coefficient (Wildman–Crippen LogP) is 2.57. The van der Waals surface area contributed by atoms with E-state index in [1.165, 1.54) is 40.4 Å². The average Bonchev–Trinajstić information content (AvgIpc) is 3.16. The Hall–Kier alpha value is -1.85. The van der Waals surface area contributed by atoms with Crippen LogP contribution in [-0.2, 0) is 9.47 Å². The lowest BCUT2D eigenvalue weighted by Crippen LogP contribution is -2.54. The molecule has 0 spiro atoms. The van der Waals surface area contributed by atoms with Crippen LogP contribution in [0.4, 0.5) is 5.82 Å². The Bertz CT molecular complexity index is 995. The quantitative estimate of drug-likeness (QED) is 0.413. The lowest BCUT2D eigenvalue weighted by atomic mass is 9.94. The first-order valence-corrected chi connectivity index (χ1v) is 12.6. The van der Waals surface area contributed by atoms with Crippen molar-refractivity contribution in [2.45, 2.75) is 48.4 Å². The zero-order chi connectivity index (χ0) is 23.5. The number of ether oxygens (including phenoxy) is 2. The van der Waals surface area contributed by atoms with Crippen molar-refractivity contribution >= 4 is 35.1 Å². The van der Waals surface area contributed by atoms with Crippen LogP contribution in [0.25, 0.3) is 0 Å². The van der Waals surface area contributed by atoms with Gasteiger partial charge in [-0.15, -0.1) is 23.5 Å². The van der Waals surface area contributed by atoms with E-state index in [0.717, 1.165) is 0 Å². The minimum absolute atomic E-state index is 0.0435. The first-order chi connectivity index (χ1) is 15.2. The zero-order valence-corrected chi connectivity index (χ0v) is 20.2. The molecule has 1 aromatic carbocycles. The number of carbonyl (C=O) groups is 1. The number of hydrogen-bond donors (Lipinski definition) is 2. The summed E-state index contributed by atoms with van der Waals surface area (Å²) in [6.45, 7) is 3.46. The van der Waals surface area contributed by atoms with Crippen molar-refractivity contribution in [2.75, 3.05) is 24.9 Å². The molecular weight excluding hydrogens is 450 g/mol. The van der Waals surface area contributed by atoms with Crippen LogP contribution < -0.4 is 11.4 Å². The van der Waals surface area contributed by atoms with E-state index in [2.05, 4.69) is 4.98 Å². The van der Waals surface area contributed by atoms with Crippen molar-refractivity contribution in [3.8, 4) is 0 Å². The summed E-state index contributed by atoms with van der Waals surface area (Å²) in [4.78, 5) is 29.6. The van der Waals surface area contributed by atoms with Crippen molar-refractivity contribution in [3.63, 3.8) is 0 Å². The number of aromatic nitrogens is 2. The molecule has 3 rings (SSSR count). The number of carbonyl (C=O) groups excluding carboxylic acids is 1. The lowest BCUT2D eigenvalue weighted by molar-refractivity contribution is -0.113. The summed E-state index contributed by atoms with van der Waals surface area (Å²) in [5.41, 5.74) is 4.72. The van der Waals surface area contributed by atoms with E-state index in [0.29, 0.717) is 12.0 Å². The van der Waals surface area contributed by atoms with Crippen LogP contribution in [0.2, 0.25) is 0 Å². The molecule has 0 bridgehead atoms. The molecule has 0 unspecified atom stereocenters. The number of anilines is 1. The summed E-state index contributed by atoms with van der Waals surface area (Å²) in [5, 5.41) is 9.91. The normalized spacial score (nSPS) is 21.6. The largest absolute Gasteiger partial charge is 0.394 e. The van der Waals surface area contributed by atoms with Gasteiger partial charge in [0.15, 0.2) is 9.86 Å². The van der Waals surface area contributed by atoms with Crippen LogP contribution in [0.3, 0.4) is 0 Å². The summed E-state index contributed by atoms with van der Waals surface area (Å²) in [6.07, 6.45) is 3.77. The molecule has 1 aliphatic rings. The Morgan fingerprint density at radius 3 is 2.50 bits per heavy atom. The van der Waals surface area contributed by atoms with Gasteiger partial charge in [-0.05, 0) is 32.4 Å². The number of aliphatic hydroxyl groups is 1. The number of hydrogen-bond acceptors (Lipinski definition) is 9. The van der Waals surface area contributed by atoms with E-state index in [4.69, 9.17) is 15.2 Å². The fourth-order valence-corrected chi connectivity index (χ4v) is 6.43. The van der Waals surface area contributed by atoms with Crippen molar-refractivity contribution < 1.29 is 19.4 Å². The number of thioether (sulfide) groups is 2. The topological polar surface area (TPSA) is 117 Å². The number of benzene rings is 1. The van der Waals surface area contributed by atoms with Crippen molar-refractivity contribution in [1.29, 1.82) is 0 Å². The maximum atomic E-state index is 13.6. The molecule has 2 heterocycles. The van der Waals surface area contributed by atoms with Gasteiger partial charge >= 0.3 is 5.69 Å². The average molecular weight is 480 g/mol. The fraction of sp³-hybridized carbons (Fsp3) is 0.500. The number of rotatable bonds is 9. The smallest absolute Gasteiger partial charge is 0.351 e. The molecular formula is C22H29N3O5S2. The van der Waals surface area contributed by atoms with E-state index >= 15 is 0 Å². The minimum Gasteiger partial charge on any atom is -0.394 e. The minimum atomic E-state index is -0.938. The Morgan fingerprint density at radius 1 is 1.28 bits per heavy atom. The van der Waals surface area contributed by atoms with Crippen molar-refractivity contribution in [3.05, 3.63) is 58.6 Å². The number of Topliss-reactive ketones (excluding diaryl/α,β-unsaturated/α-hetero) is 1. The Labute approximate surface area is 195 Å². The third-order valence-corrected chi connectivity index (χ3v) is 9.17. The molecule has 10 heteroatoms. The lowest BCUT2D eigenvalue weighted by Gasteiger charge is -2.44. The van der Waals surface area contributed by atoms with Gasteiger partial charge in [-0.1, -0.05) is 30.3 Å². The molecule has 2 aromatic rings. The van der Waals surface area contributed by atoms with Crippen LogP contribution in [0.5, 0.6) is 0 Å². The third kappa shape index (κ3) is 4.60. The number of nitrogens with zero attached hydrogens (tertiary/aromatic N) is 2. The summed E-state index contributed by atoms with van der Waals surface area (Å²) in [5.74, 6) is 0.0825. The third-order valence-electron chi connectivity index (χ3n) is 5.67. The van der Waals surface area contributed by atoms with Crippen molar-refractivity contribution in [1.82, 2.24) is 9.55 Å². The van der Waals surface area contributed by atoms with Crippen molar-refractivity contribution in [2.24, 2.45) is 0 Å². The first-order valence-electron chi connectivity index (χ1n) is 10.2. The standard InChI is InChI=1S/C22H29N3O5S2/c1-21(2,22(31-3,32-4)19(27)14-8-6-5-7-9-14)30-15-12-18(29-16(15)13-26)25-11-10-17(23)24-20(25)28/h5-11,15-16,18,26H,12-13H2,1-4H3,(H2,23,24,28)/t15-,16+,18+/m0/s1. The highest BCUT2D eigenvalue weighted by Gasteiger charge is 2.54. The van der Waals surface area contributed by atoms with Gasteiger partial charge < -0.3 is 20.3 Å². The van der Waals surface area contributed by atoms with Gasteiger partial charge in [0, 0.05) is 18.2 Å². The molecule has 3 N–H and O–H groups in total. The summed E-state index contributed by atoms with van der Waals surface area (Å²) < 4.78 is 12.8. The second-order valence-corrected chi connectivity index (χ2v) is 10.3. The molecule has 0 saturated carbocycles. The van der Waals surface area contributed by atoms with E-state index in [-0.39, 0.29) is 18.2 Å². The molecule has 0 radical (unpaired) electrons. The molecule has 8 nitrogen and oxygen atoms in total. The monoisotopic (exact) mass is 479 g/mol. The Kier molecular flexibility index (Phi) is 7.72. The predicted molar refractivity (Wildman–Crippen MR) is 128 cm³/mol. The maximum Gasteiger partial charge on any atom is 0.351 e. The molecule has 1 fully saturated rings. The molecule has 1 aromatic heterocycles. The van der Waals surface area contributed by atoms with E-state index in [1.807, 2.05) is 44.6 Å². The fourth-order valence-electron chi connectivity index (χ4n) is 4.07. The van der Waals surface area contributed by atoms with Gasteiger partial charge in [0.1, 0.15) is 18.1 Å². The van der Waals surface area contributed by atoms with Gasteiger partial charge in [-0.25, -0.2) is 4.79 Å². The van der Waals surface area contributed by atoms with Crippen LogP contribution >= 0.6 is 23.5 Å². The van der Waals surface area contributed by atoms with Gasteiger partial charge in [0.25, 0.3) is 0 Å². The molecule has 0 aliphatic carbocycles. The zero-order valence-electron chi connectivity index (χ0n) is 18.6. The summed E-state index contributed by atoms with van der Waals surface area (Å²) in [6, 6.07) is 10.6. The molecule has 1 aliphatic heterocycles.